The Morgan fingerprint density at radius 1 is 1.35 bits per heavy atom. The molecule has 2 aromatic heterocycles. The Hall–Kier alpha value is -2.04. The van der Waals surface area contributed by atoms with Crippen LogP contribution in [0.5, 0.6) is 5.75 Å². The molecule has 0 unspecified atom stereocenters. The Morgan fingerprint density at radius 3 is 2.71 bits per heavy atom. The van der Waals surface area contributed by atoms with Gasteiger partial charge in [0, 0.05) is 37.3 Å². The molecule has 17 heavy (non-hydrogen) atoms. The topological polar surface area (TPSA) is 49.0 Å². The van der Waals surface area contributed by atoms with Gasteiger partial charge in [0.25, 0.3) is 0 Å². The summed E-state index contributed by atoms with van der Waals surface area (Å²) >= 11 is 0. The van der Waals surface area contributed by atoms with Crippen molar-refractivity contribution in [3.8, 4) is 5.75 Å². The number of aromatic nitrogens is 3. The zero-order valence-corrected chi connectivity index (χ0v) is 10.2. The van der Waals surface area contributed by atoms with E-state index in [1.807, 2.05) is 19.1 Å². The summed E-state index contributed by atoms with van der Waals surface area (Å²) < 4.78 is 8.32. The number of hydrogen-bond acceptors (Lipinski definition) is 3. The highest BCUT2D eigenvalue weighted by Crippen LogP contribution is 2.13. The lowest BCUT2D eigenvalue weighted by Crippen LogP contribution is -2.22. The number of pyridine rings is 1. The molecule has 0 bridgehead atoms. The van der Waals surface area contributed by atoms with E-state index in [0.29, 0.717) is 6.54 Å². The molecular weight excluding hydrogens is 218 g/mol. The van der Waals surface area contributed by atoms with Crippen LogP contribution in [0.2, 0.25) is 0 Å². The van der Waals surface area contributed by atoms with Crippen molar-refractivity contribution in [1.82, 2.24) is 14.1 Å². The maximum Gasteiger partial charge on any atom is 0.328 e. The lowest BCUT2D eigenvalue weighted by Gasteiger charge is -2.06. The molecule has 0 fully saturated rings. The molecule has 0 spiro atoms. The zero-order chi connectivity index (χ0) is 12.4. The van der Waals surface area contributed by atoms with Gasteiger partial charge in [0.15, 0.2) is 0 Å². The van der Waals surface area contributed by atoms with Gasteiger partial charge in [-0.1, -0.05) is 0 Å². The predicted octanol–water partition coefficient (Wildman–Crippen LogP) is 0.947. The molecule has 0 amide bonds. The van der Waals surface area contributed by atoms with E-state index < -0.39 is 0 Å². The Balaban J connectivity index is 2.33. The first-order valence-electron chi connectivity index (χ1n) is 5.33. The first-order valence-corrected chi connectivity index (χ1v) is 5.33. The van der Waals surface area contributed by atoms with Gasteiger partial charge in [-0.3, -0.25) is 9.55 Å². The number of methoxy groups -OCH3 is 1. The van der Waals surface area contributed by atoms with E-state index in [0.717, 1.165) is 17.1 Å². The van der Waals surface area contributed by atoms with Crippen LogP contribution >= 0.6 is 0 Å². The molecule has 2 rings (SSSR count). The van der Waals surface area contributed by atoms with Gasteiger partial charge in [0.05, 0.1) is 19.3 Å². The molecule has 5 heteroatoms. The van der Waals surface area contributed by atoms with Crippen LogP contribution in [0.3, 0.4) is 0 Å². The molecule has 2 heterocycles. The third-order valence-corrected chi connectivity index (χ3v) is 2.57. The van der Waals surface area contributed by atoms with E-state index in [2.05, 4.69) is 4.98 Å². The fourth-order valence-corrected chi connectivity index (χ4v) is 1.71. The Labute approximate surface area is 99.3 Å². The van der Waals surface area contributed by atoms with E-state index in [1.165, 1.54) is 4.57 Å². The first kappa shape index (κ1) is 11.4. The van der Waals surface area contributed by atoms with Crippen molar-refractivity contribution < 1.29 is 4.74 Å². The summed E-state index contributed by atoms with van der Waals surface area (Å²) in [6.45, 7) is 2.36. The second kappa shape index (κ2) is 4.45. The second-order valence-electron chi connectivity index (χ2n) is 3.96. The van der Waals surface area contributed by atoms with Crippen molar-refractivity contribution in [2.75, 3.05) is 7.11 Å². The molecule has 0 N–H and O–H groups in total. The minimum Gasteiger partial charge on any atom is -0.497 e. The number of imidazole rings is 1. The van der Waals surface area contributed by atoms with Crippen LogP contribution in [0.15, 0.2) is 29.3 Å². The van der Waals surface area contributed by atoms with Gasteiger partial charge in [-0.15, -0.1) is 0 Å². The Kier molecular flexibility index (Phi) is 2.99. The van der Waals surface area contributed by atoms with Crippen molar-refractivity contribution in [2.24, 2.45) is 7.05 Å². The number of nitrogens with zero attached hydrogens (tertiary/aromatic N) is 3. The van der Waals surface area contributed by atoms with Crippen molar-refractivity contribution in [2.45, 2.75) is 13.5 Å². The summed E-state index contributed by atoms with van der Waals surface area (Å²) in [6.07, 6.45) is 3.48. The maximum absolute atomic E-state index is 11.7. The summed E-state index contributed by atoms with van der Waals surface area (Å²) in [5, 5.41) is 0. The third-order valence-electron chi connectivity index (χ3n) is 2.57. The largest absolute Gasteiger partial charge is 0.497 e. The Bertz CT molecular complexity index is 584. The smallest absolute Gasteiger partial charge is 0.328 e. The van der Waals surface area contributed by atoms with Crippen LogP contribution < -0.4 is 10.4 Å². The maximum atomic E-state index is 11.7. The number of rotatable bonds is 3. The van der Waals surface area contributed by atoms with Gasteiger partial charge in [-0.2, -0.15) is 0 Å². The minimum absolute atomic E-state index is 0.0488. The van der Waals surface area contributed by atoms with Gasteiger partial charge in [0.1, 0.15) is 5.75 Å². The normalized spacial score (nSPS) is 10.5. The van der Waals surface area contributed by atoms with Crippen LogP contribution in [-0.2, 0) is 13.6 Å². The van der Waals surface area contributed by atoms with Gasteiger partial charge in [-0.25, -0.2) is 4.79 Å². The molecule has 0 saturated carbocycles. The third kappa shape index (κ3) is 2.38. The van der Waals surface area contributed by atoms with Crippen LogP contribution in [0.25, 0.3) is 0 Å². The van der Waals surface area contributed by atoms with E-state index in [-0.39, 0.29) is 5.69 Å². The zero-order valence-electron chi connectivity index (χ0n) is 10.2. The second-order valence-corrected chi connectivity index (χ2v) is 3.96. The fourth-order valence-electron chi connectivity index (χ4n) is 1.71. The molecule has 0 atom stereocenters. The lowest BCUT2D eigenvalue weighted by atomic mass is 10.3. The monoisotopic (exact) mass is 233 g/mol. The highest BCUT2D eigenvalue weighted by atomic mass is 16.5. The minimum atomic E-state index is -0.0488. The van der Waals surface area contributed by atoms with E-state index in [4.69, 9.17) is 4.74 Å². The fraction of sp³-hybridized carbons (Fsp3) is 0.333. The van der Waals surface area contributed by atoms with Crippen LogP contribution in [0.4, 0.5) is 0 Å². The van der Waals surface area contributed by atoms with Crippen molar-refractivity contribution in [3.05, 3.63) is 46.4 Å². The quantitative estimate of drug-likeness (QED) is 0.793. The van der Waals surface area contributed by atoms with Gasteiger partial charge >= 0.3 is 5.69 Å². The number of aryl methyl sites for hydroxylation is 2. The summed E-state index contributed by atoms with van der Waals surface area (Å²) in [5.41, 5.74) is 1.64. The van der Waals surface area contributed by atoms with Crippen molar-refractivity contribution >= 4 is 0 Å². The number of hydrogen-bond donors (Lipinski definition) is 0. The summed E-state index contributed by atoms with van der Waals surface area (Å²) in [4.78, 5) is 16.1. The average molecular weight is 233 g/mol. The molecule has 0 aliphatic heterocycles. The SMILES string of the molecule is COc1cc(C)nc(Cn2ccn(C)c2=O)c1. The highest BCUT2D eigenvalue weighted by molar-refractivity contribution is 5.26. The van der Waals surface area contributed by atoms with Crippen molar-refractivity contribution in [3.63, 3.8) is 0 Å². The molecule has 5 nitrogen and oxygen atoms in total. The van der Waals surface area contributed by atoms with Crippen molar-refractivity contribution in [1.29, 1.82) is 0 Å². The highest BCUT2D eigenvalue weighted by Gasteiger charge is 2.04. The molecule has 2 aromatic rings. The molecule has 0 aromatic carbocycles. The molecule has 0 aliphatic carbocycles. The first-order chi connectivity index (χ1) is 8.10. The van der Waals surface area contributed by atoms with E-state index in [1.54, 1.807) is 31.1 Å². The van der Waals surface area contributed by atoms with E-state index in [9.17, 15) is 4.79 Å². The molecule has 0 radical (unpaired) electrons. The van der Waals surface area contributed by atoms with E-state index >= 15 is 0 Å². The summed E-state index contributed by atoms with van der Waals surface area (Å²) in [7, 11) is 3.34. The van der Waals surface area contributed by atoms with Gasteiger partial charge in [0.2, 0.25) is 0 Å². The lowest BCUT2D eigenvalue weighted by molar-refractivity contribution is 0.412. The standard InChI is InChI=1S/C12H15N3O2/c1-9-6-11(17-3)7-10(13-9)8-15-5-4-14(2)12(15)16/h4-7H,8H2,1-3H3. The molecule has 90 valence electrons. The average Bonchev–Trinajstić information content (AvgIpc) is 2.60. The summed E-state index contributed by atoms with van der Waals surface area (Å²) in [6, 6.07) is 3.70. The molecule has 0 saturated heterocycles. The summed E-state index contributed by atoms with van der Waals surface area (Å²) in [5.74, 6) is 0.761. The molecular formula is C12H15N3O2. The van der Waals surface area contributed by atoms with Gasteiger partial charge in [-0.05, 0) is 6.92 Å². The van der Waals surface area contributed by atoms with Gasteiger partial charge < -0.3 is 9.30 Å². The number of ether oxygens (including phenoxy) is 1. The van der Waals surface area contributed by atoms with Crippen LogP contribution in [0.1, 0.15) is 11.4 Å². The van der Waals surface area contributed by atoms with Crippen LogP contribution in [-0.4, -0.2) is 21.2 Å². The predicted molar refractivity (Wildman–Crippen MR) is 64.3 cm³/mol. The Morgan fingerprint density at radius 2 is 2.12 bits per heavy atom. The molecule has 0 aliphatic rings. The van der Waals surface area contributed by atoms with Crippen LogP contribution in [0, 0.1) is 6.92 Å².